The Morgan fingerprint density at radius 3 is 2.62 bits per heavy atom. The average molecular weight is 287 g/mol. The predicted octanol–water partition coefficient (Wildman–Crippen LogP) is 3.20. The molecule has 2 aromatic rings. The standard InChI is InChI=1S/C17H25N3O/c1-4-13-20-17(11-12-19-20)16(18-2)10-7-14-5-8-15(21-3)9-6-14/h5-6,8-9,11-12,16,18H,4,7,10,13H2,1-3H3. The Bertz CT molecular complexity index is 533. The molecule has 0 saturated carbocycles. The highest BCUT2D eigenvalue weighted by Crippen LogP contribution is 2.20. The van der Waals surface area contributed by atoms with Crippen LogP contribution in [-0.2, 0) is 13.0 Å². The van der Waals surface area contributed by atoms with Gasteiger partial charge in [-0.2, -0.15) is 5.10 Å². The number of nitrogens with zero attached hydrogens (tertiary/aromatic N) is 2. The van der Waals surface area contributed by atoms with Crippen LogP contribution in [0.5, 0.6) is 5.75 Å². The third kappa shape index (κ3) is 4.08. The van der Waals surface area contributed by atoms with Crippen molar-refractivity contribution >= 4 is 0 Å². The lowest BCUT2D eigenvalue weighted by atomic mass is 10.0. The Kier molecular flexibility index (Phi) is 5.81. The fourth-order valence-corrected chi connectivity index (χ4v) is 2.58. The number of hydrogen-bond acceptors (Lipinski definition) is 3. The summed E-state index contributed by atoms with van der Waals surface area (Å²) in [7, 11) is 3.71. The van der Waals surface area contributed by atoms with Crippen molar-refractivity contribution < 1.29 is 4.74 Å². The number of nitrogens with one attached hydrogen (secondary N) is 1. The molecule has 4 nitrogen and oxygen atoms in total. The van der Waals surface area contributed by atoms with E-state index >= 15 is 0 Å². The summed E-state index contributed by atoms with van der Waals surface area (Å²) >= 11 is 0. The van der Waals surface area contributed by atoms with E-state index < -0.39 is 0 Å². The molecule has 0 bridgehead atoms. The van der Waals surface area contributed by atoms with Crippen molar-refractivity contribution in [2.45, 2.75) is 38.8 Å². The van der Waals surface area contributed by atoms with E-state index in [-0.39, 0.29) is 0 Å². The first-order chi connectivity index (χ1) is 10.3. The van der Waals surface area contributed by atoms with E-state index in [4.69, 9.17) is 4.74 Å². The topological polar surface area (TPSA) is 39.1 Å². The Balaban J connectivity index is 1.99. The van der Waals surface area contributed by atoms with Gasteiger partial charge in [-0.05, 0) is 50.1 Å². The average Bonchev–Trinajstić information content (AvgIpc) is 2.97. The van der Waals surface area contributed by atoms with Crippen LogP contribution in [0.4, 0.5) is 0 Å². The quantitative estimate of drug-likeness (QED) is 0.810. The van der Waals surface area contributed by atoms with E-state index in [0.717, 1.165) is 31.6 Å². The lowest BCUT2D eigenvalue weighted by Crippen LogP contribution is -2.21. The number of benzene rings is 1. The van der Waals surface area contributed by atoms with Crippen LogP contribution in [-0.4, -0.2) is 23.9 Å². The van der Waals surface area contributed by atoms with E-state index in [1.165, 1.54) is 11.3 Å². The van der Waals surface area contributed by atoms with Crippen LogP contribution in [0.15, 0.2) is 36.5 Å². The summed E-state index contributed by atoms with van der Waals surface area (Å²) in [6.45, 7) is 3.15. The van der Waals surface area contributed by atoms with Gasteiger partial charge in [-0.1, -0.05) is 19.1 Å². The first kappa shape index (κ1) is 15.6. The number of ether oxygens (including phenoxy) is 1. The second-order valence-electron chi connectivity index (χ2n) is 5.21. The predicted molar refractivity (Wildman–Crippen MR) is 85.6 cm³/mol. The van der Waals surface area contributed by atoms with Crippen LogP contribution in [0.2, 0.25) is 0 Å². The van der Waals surface area contributed by atoms with Gasteiger partial charge in [0.05, 0.1) is 12.8 Å². The summed E-state index contributed by atoms with van der Waals surface area (Å²) in [5.74, 6) is 0.907. The van der Waals surface area contributed by atoms with Crippen LogP contribution in [0.1, 0.15) is 37.1 Å². The minimum atomic E-state index is 0.334. The summed E-state index contributed by atoms with van der Waals surface area (Å²) in [5, 5.41) is 7.82. The summed E-state index contributed by atoms with van der Waals surface area (Å²) in [4.78, 5) is 0. The zero-order chi connectivity index (χ0) is 15.1. The minimum Gasteiger partial charge on any atom is -0.497 e. The molecule has 114 valence electrons. The maximum Gasteiger partial charge on any atom is 0.118 e. The third-order valence-corrected chi connectivity index (χ3v) is 3.77. The van der Waals surface area contributed by atoms with Gasteiger partial charge in [0.15, 0.2) is 0 Å². The van der Waals surface area contributed by atoms with Gasteiger partial charge in [0.1, 0.15) is 5.75 Å². The molecule has 1 atom stereocenters. The molecule has 1 heterocycles. The minimum absolute atomic E-state index is 0.334. The van der Waals surface area contributed by atoms with Gasteiger partial charge in [-0.15, -0.1) is 0 Å². The highest BCUT2D eigenvalue weighted by molar-refractivity contribution is 5.27. The Labute approximate surface area is 127 Å². The fourth-order valence-electron chi connectivity index (χ4n) is 2.58. The maximum atomic E-state index is 5.19. The maximum absolute atomic E-state index is 5.19. The second-order valence-corrected chi connectivity index (χ2v) is 5.21. The number of aromatic nitrogens is 2. The van der Waals surface area contributed by atoms with Gasteiger partial charge >= 0.3 is 0 Å². The van der Waals surface area contributed by atoms with Crippen LogP contribution < -0.4 is 10.1 Å². The van der Waals surface area contributed by atoms with E-state index in [9.17, 15) is 0 Å². The van der Waals surface area contributed by atoms with Crippen molar-refractivity contribution in [2.24, 2.45) is 0 Å². The number of methoxy groups -OCH3 is 1. The molecule has 0 aliphatic heterocycles. The monoisotopic (exact) mass is 287 g/mol. The zero-order valence-corrected chi connectivity index (χ0v) is 13.2. The van der Waals surface area contributed by atoms with Crippen LogP contribution >= 0.6 is 0 Å². The van der Waals surface area contributed by atoms with Crippen LogP contribution in [0.3, 0.4) is 0 Å². The molecule has 0 fully saturated rings. The van der Waals surface area contributed by atoms with Gasteiger partial charge in [0.25, 0.3) is 0 Å². The van der Waals surface area contributed by atoms with Gasteiger partial charge in [-0.3, -0.25) is 4.68 Å². The first-order valence-corrected chi connectivity index (χ1v) is 7.60. The van der Waals surface area contributed by atoms with Gasteiger partial charge in [0.2, 0.25) is 0 Å². The highest BCUT2D eigenvalue weighted by Gasteiger charge is 2.14. The van der Waals surface area contributed by atoms with E-state index in [2.05, 4.69) is 40.2 Å². The van der Waals surface area contributed by atoms with Crippen molar-refractivity contribution in [3.63, 3.8) is 0 Å². The molecule has 1 aromatic heterocycles. The fraction of sp³-hybridized carbons (Fsp3) is 0.471. The molecule has 0 aliphatic rings. The molecular weight excluding hydrogens is 262 g/mol. The van der Waals surface area contributed by atoms with Crippen molar-refractivity contribution in [3.05, 3.63) is 47.8 Å². The van der Waals surface area contributed by atoms with Gasteiger partial charge < -0.3 is 10.1 Å². The molecule has 1 unspecified atom stereocenters. The van der Waals surface area contributed by atoms with E-state index in [0.29, 0.717) is 6.04 Å². The molecule has 4 heteroatoms. The zero-order valence-electron chi connectivity index (χ0n) is 13.2. The molecule has 0 amide bonds. The smallest absolute Gasteiger partial charge is 0.118 e. The molecule has 0 saturated heterocycles. The SMILES string of the molecule is CCCn1nccc1C(CCc1ccc(OC)cc1)NC. The molecule has 2 rings (SSSR count). The lowest BCUT2D eigenvalue weighted by Gasteiger charge is -2.18. The molecule has 21 heavy (non-hydrogen) atoms. The van der Waals surface area contributed by atoms with E-state index in [1.807, 2.05) is 25.4 Å². The number of aryl methyl sites for hydroxylation is 2. The third-order valence-electron chi connectivity index (χ3n) is 3.77. The Hall–Kier alpha value is -1.81. The number of rotatable bonds is 8. The Morgan fingerprint density at radius 1 is 1.24 bits per heavy atom. The number of hydrogen-bond donors (Lipinski definition) is 1. The molecule has 0 aliphatic carbocycles. The van der Waals surface area contributed by atoms with Crippen LogP contribution in [0, 0.1) is 0 Å². The van der Waals surface area contributed by atoms with Gasteiger partial charge in [-0.25, -0.2) is 0 Å². The molecule has 1 N–H and O–H groups in total. The normalized spacial score (nSPS) is 12.3. The molecule has 0 radical (unpaired) electrons. The summed E-state index contributed by atoms with van der Waals surface area (Å²) in [5.41, 5.74) is 2.60. The highest BCUT2D eigenvalue weighted by atomic mass is 16.5. The lowest BCUT2D eigenvalue weighted by molar-refractivity contribution is 0.414. The van der Waals surface area contributed by atoms with Crippen molar-refractivity contribution in [1.82, 2.24) is 15.1 Å². The second kappa shape index (κ2) is 7.84. The molecule has 0 spiro atoms. The Morgan fingerprint density at radius 2 is 2.00 bits per heavy atom. The summed E-state index contributed by atoms with van der Waals surface area (Å²) < 4.78 is 7.30. The summed E-state index contributed by atoms with van der Waals surface area (Å²) in [6, 6.07) is 10.8. The summed E-state index contributed by atoms with van der Waals surface area (Å²) in [6.07, 6.45) is 5.08. The van der Waals surface area contributed by atoms with E-state index in [1.54, 1.807) is 7.11 Å². The van der Waals surface area contributed by atoms with Crippen molar-refractivity contribution in [2.75, 3.05) is 14.2 Å². The van der Waals surface area contributed by atoms with Crippen LogP contribution in [0.25, 0.3) is 0 Å². The largest absolute Gasteiger partial charge is 0.497 e. The molecular formula is C17H25N3O. The van der Waals surface area contributed by atoms with Gasteiger partial charge in [0, 0.05) is 18.8 Å². The van der Waals surface area contributed by atoms with Crippen molar-refractivity contribution in [3.8, 4) is 5.75 Å². The first-order valence-electron chi connectivity index (χ1n) is 7.60. The molecule has 1 aromatic carbocycles. The van der Waals surface area contributed by atoms with Crippen molar-refractivity contribution in [1.29, 1.82) is 0 Å².